The van der Waals surface area contributed by atoms with E-state index in [0.717, 1.165) is 38.1 Å². The molecule has 0 saturated carbocycles. The second-order valence-corrected chi connectivity index (χ2v) is 6.85. The average Bonchev–Trinajstić information content (AvgIpc) is 2.82. The van der Waals surface area contributed by atoms with E-state index < -0.39 is 5.60 Å². The van der Waals surface area contributed by atoms with Crippen LogP contribution in [0.4, 0.5) is 0 Å². The van der Waals surface area contributed by atoms with Crippen molar-refractivity contribution in [1.82, 2.24) is 14.8 Å². The zero-order valence-corrected chi connectivity index (χ0v) is 13.7. The van der Waals surface area contributed by atoms with Gasteiger partial charge in [-0.3, -0.25) is 9.88 Å². The van der Waals surface area contributed by atoms with Crippen molar-refractivity contribution in [3.05, 3.63) is 41.6 Å². The van der Waals surface area contributed by atoms with Gasteiger partial charge in [0, 0.05) is 37.8 Å². The van der Waals surface area contributed by atoms with Gasteiger partial charge < -0.3 is 10.0 Å². The number of nitrogens with zero attached hydrogens (tertiary/aromatic N) is 3. The predicted molar refractivity (Wildman–Crippen MR) is 89.9 cm³/mol. The third-order valence-corrected chi connectivity index (χ3v) is 4.53. The minimum atomic E-state index is -0.583. The molecule has 0 amide bonds. The molecule has 1 aromatic heterocycles. The van der Waals surface area contributed by atoms with Crippen molar-refractivity contribution in [2.45, 2.75) is 25.5 Å². The van der Waals surface area contributed by atoms with E-state index in [4.69, 9.17) is 0 Å². The Morgan fingerprint density at radius 2 is 2.14 bits per heavy atom. The molecule has 4 nitrogen and oxygen atoms in total. The summed E-state index contributed by atoms with van der Waals surface area (Å²) in [6, 6.07) is 8.37. The van der Waals surface area contributed by atoms with E-state index in [0.29, 0.717) is 0 Å². The smallest absolute Gasteiger partial charge is 0.0912 e. The molecule has 1 atom stereocenters. The molecule has 2 aromatic rings. The molecule has 1 fully saturated rings. The van der Waals surface area contributed by atoms with E-state index in [1.807, 2.05) is 26.4 Å². The maximum absolute atomic E-state index is 10.7. The largest absolute Gasteiger partial charge is 0.387 e. The van der Waals surface area contributed by atoms with E-state index in [9.17, 15) is 5.11 Å². The highest BCUT2D eigenvalue weighted by Crippen LogP contribution is 2.27. The van der Waals surface area contributed by atoms with Crippen LogP contribution < -0.4 is 0 Å². The van der Waals surface area contributed by atoms with Crippen LogP contribution in [0.25, 0.3) is 10.9 Å². The molecule has 0 radical (unpaired) electrons. The quantitative estimate of drug-likeness (QED) is 0.938. The van der Waals surface area contributed by atoms with Crippen LogP contribution in [-0.4, -0.2) is 59.2 Å². The lowest BCUT2D eigenvalue weighted by molar-refractivity contribution is 0.0240. The summed E-state index contributed by atoms with van der Waals surface area (Å²) in [7, 11) is 4.03. The lowest BCUT2D eigenvalue weighted by atomic mass is 10.0. The number of benzene rings is 1. The zero-order chi connectivity index (χ0) is 15.7. The van der Waals surface area contributed by atoms with Gasteiger partial charge >= 0.3 is 0 Å². The minimum absolute atomic E-state index is 0.583. The summed E-state index contributed by atoms with van der Waals surface area (Å²) >= 11 is 0. The summed E-state index contributed by atoms with van der Waals surface area (Å²) in [5.41, 5.74) is 3.09. The Bertz CT molecular complexity index is 670. The molecular weight excluding hydrogens is 274 g/mol. The average molecular weight is 299 g/mol. The standard InChI is InChI=1S/C18H25N3O/c1-14-6-7-17-15(5-4-9-19-17)16(14)11-21-10-8-18(22,13-21)12-20(2)3/h4-7,9,22H,8,10-13H2,1-3H3/t18-/m0/s1. The molecule has 1 aromatic carbocycles. The lowest BCUT2D eigenvalue weighted by Gasteiger charge is -2.27. The molecule has 118 valence electrons. The maximum atomic E-state index is 10.7. The number of aliphatic hydroxyl groups is 1. The Labute approximate surface area is 132 Å². The molecule has 4 heteroatoms. The topological polar surface area (TPSA) is 39.6 Å². The predicted octanol–water partition coefficient (Wildman–Crippen LogP) is 2.04. The van der Waals surface area contributed by atoms with Crippen LogP contribution in [0.3, 0.4) is 0 Å². The summed E-state index contributed by atoms with van der Waals surface area (Å²) in [4.78, 5) is 8.88. The molecule has 22 heavy (non-hydrogen) atoms. The van der Waals surface area contributed by atoms with E-state index >= 15 is 0 Å². The van der Waals surface area contributed by atoms with Gasteiger partial charge in [-0.05, 0) is 50.7 Å². The Balaban J connectivity index is 1.81. The number of β-amino-alcohol motifs (C(OH)–C–C–N with tert-alkyl or cyclic N) is 1. The molecule has 0 unspecified atom stereocenters. The fourth-order valence-corrected chi connectivity index (χ4v) is 3.55. The molecule has 1 aliphatic rings. The molecule has 3 rings (SSSR count). The van der Waals surface area contributed by atoms with Crippen LogP contribution in [0.2, 0.25) is 0 Å². The van der Waals surface area contributed by atoms with Gasteiger partial charge in [0.05, 0.1) is 11.1 Å². The first-order valence-electron chi connectivity index (χ1n) is 7.89. The number of hydrogen-bond acceptors (Lipinski definition) is 4. The first-order valence-corrected chi connectivity index (χ1v) is 7.89. The van der Waals surface area contributed by atoms with Gasteiger partial charge in [0.15, 0.2) is 0 Å². The van der Waals surface area contributed by atoms with Crippen molar-refractivity contribution in [2.75, 3.05) is 33.7 Å². The van der Waals surface area contributed by atoms with Gasteiger partial charge in [0.25, 0.3) is 0 Å². The van der Waals surface area contributed by atoms with E-state index in [-0.39, 0.29) is 0 Å². The first kappa shape index (κ1) is 15.4. The van der Waals surface area contributed by atoms with Crippen LogP contribution >= 0.6 is 0 Å². The molecule has 0 bridgehead atoms. The summed E-state index contributed by atoms with van der Waals surface area (Å²) in [6.07, 6.45) is 2.68. The molecular formula is C18H25N3O. The van der Waals surface area contributed by atoms with Gasteiger partial charge in [-0.1, -0.05) is 12.1 Å². The van der Waals surface area contributed by atoms with Crippen LogP contribution in [-0.2, 0) is 6.54 Å². The van der Waals surface area contributed by atoms with Crippen molar-refractivity contribution in [1.29, 1.82) is 0 Å². The van der Waals surface area contributed by atoms with E-state index in [1.165, 1.54) is 16.5 Å². The van der Waals surface area contributed by atoms with Crippen molar-refractivity contribution in [2.24, 2.45) is 0 Å². The summed E-state index contributed by atoms with van der Waals surface area (Å²) in [5.74, 6) is 0. The highest BCUT2D eigenvalue weighted by atomic mass is 16.3. The van der Waals surface area contributed by atoms with E-state index in [1.54, 1.807) is 0 Å². The van der Waals surface area contributed by atoms with Crippen LogP contribution in [0.1, 0.15) is 17.5 Å². The number of likely N-dealkylation sites (N-methyl/N-ethyl adjacent to an activating group) is 1. The molecule has 1 aliphatic heterocycles. The highest BCUT2D eigenvalue weighted by molar-refractivity contribution is 5.83. The van der Waals surface area contributed by atoms with Crippen molar-refractivity contribution >= 4 is 10.9 Å². The number of aryl methyl sites for hydroxylation is 1. The number of fused-ring (bicyclic) bond motifs is 1. The Morgan fingerprint density at radius 1 is 1.32 bits per heavy atom. The molecule has 1 N–H and O–H groups in total. The zero-order valence-electron chi connectivity index (χ0n) is 13.7. The van der Waals surface area contributed by atoms with Gasteiger partial charge in [-0.2, -0.15) is 0 Å². The molecule has 0 spiro atoms. The Hall–Kier alpha value is -1.49. The normalized spacial score (nSPS) is 22.8. The minimum Gasteiger partial charge on any atom is -0.387 e. The third kappa shape index (κ3) is 3.14. The number of pyridine rings is 1. The van der Waals surface area contributed by atoms with Gasteiger partial charge in [-0.15, -0.1) is 0 Å². The Morgan fingerprint density at radius 3 is 2.91 bits per heavy atom. The van der Waals surface area contributed by atoms with Gasteiger partial charge in [0.1, 0.15) is 0 Å². The number of aromatic nitrogens is 1. The monoisotopic (exact) mass is 299 g/mol. The van der Waals surface area contributed by atoms with Crippen molar-refractivity contribution in [3.8, 4) is 0 Å². The SMILES string of the molecule is Cc1ccc2ncccc2c1CN1CC[C@](O)(CN(C)C)C1. The highest BCUT2D eigenvalue weighted by Gasteiger charge is 2.36. The second kappa shape index (κ2) is 5.95. The van der Waals surface area contributed by atoms with Crippen LogP contribution in [0.15, 0.2) is 30.5 Å². The van der Waals surface area contributed by atoms with Crippen molar-refractivity contribution in [3.63, 3.8) is 0 Å². The fourth-order valence-electron chi connectivity index (χ4n) is 3.55. The van der Waals surface area contributed by atoms with Crippen molar-refractivity contribution < 1.29 is 5.11 Å². The van der Waals surface area contributed by atoms with Gasteiger partial charge in [0.2, 0.25) is 0 Å². The maximum Gasteiger partial charge on any atom is 0.0912 e. The molecule has 1 saturated heterocycles. The summed E-state index contributed by atoms with van der Waals surface area (Å²) < 4.78 is 0. The number of likely N-dealkylation sites (tertiary alicyclic amines) is 1. The number of rotatable bonds is 4. The molecule has 0 aliphatic carbocycles. The first-order chi connectivity index (χ1) is 10.5. The van der Waals surface area contributed by atoms with Gasteiger partial charge in [-0.25, -0.2) is 0 Å². The third-order valence-electron chi connectivity index (χ3n) is 4.53. The van der Waals surface area contributed by atoms with Crippen LogP contribution in [0, 0.1) is 6.92 Å². The van der Waals surface area contributed by atoms with Crippen LogP contribution in [0.5, 0.6) is 0 Å². The summed E-state index contributed by atoms with van der Waals surface area (Å²) in [6.45, 7) is 5.44. The fraction of sp³-hybridized carbons (Fsp3) is 0.500. The molecule has 2 heterocycles. The second-order valence-electron chi connectivity index (χ2n) is 6.85. The van der Waals surface area contributed by atoms with E-state index in [2.05, 4.69) is 39.9 Å². The number of hydrogen-bond donors (Lipinski definition) is 1. The Kier molecular flexibility index (Phi) is 4.17. The summed E-state index contributed by atoms with van der Waals surface area (Å²) in [5, 5.41) is 11.9. The lowest BCUT2D eigenvalue weighted by Crippen LogP contribution is -2.42.